The summed E-state index contributed by atoms with van der Waals surface area (Å²) in [6.45, 7) is 4.84. The van der Waals surface area contributed by atoms with E-state index in [1.807, 2.05) is 24.0 Å². The second-order valence-electron chi connectivity index (χ2n) is 6.78. The average Bonchev–Trinajstić information content (AvgIpc) is 2.87. The highest BCUT2D eigenvalue weighted by molar-refractivity contribution is 5.94. The van der Waals surface area contributed by atoms with E-state index in [2.05, 4.69) is 10.3 Å². The standard InChI is InChI=1S/C18H26N4O2/c1-14-6-7-15(12-19-14)17(23)22-11-8-16(13-22)20-18(24)21-9-4-2-3-5-10-21/h6-7,12,16H,2-5,8-11,13H2,1H3,(H,20,24). The molecule has 0 aliphatic carbocycles. The molecule has 130 valence electrons. The highest BCUT2D eigenvalue weighted by Crippen LogP contribution is 2.15. The van der Waals surface area contributed by atoms with Crippen LogP contribution in [0.2, 0.25) is 0 Å². The number of amides is 3. The van der Waals surface area contributed by atoms with Gasteiger partial charge in [0.05, 0.1) is 5.56 Å². The van der Waals surface area contributed by atoms with Gasteiger partial charge in [0.25, 0.3) is 5.91 Å². The van der Waals surface area contributed by atoms with Crippen molar-refractivity contribution in [2.75, 3.05) is 26.2 Å². The summed E-state index contributed by atoms with van der Waals surface area (Å²) in [4.78, 5) is 32.8. The SMILES string of the molecule is Cc1ccc(C(=O)N2CCC(NC(=O)N3CCCCCC3)C2)cn1. The van der Waals surface area contributed by atoms with E-state index in [0.717, 1.165) is 38.0 Å². The van der Waals surface area contributed by atoms with Crippen LogP contribution in [0.5, 0.6) is 0 Å². The van der Waals surface area contributed by atoms with Gasteiger partial charge in [0.1, 0.15) is 0 Å². The minimum Gasteiger partial charge on any atom is -0.336 e. The topological polar surface area (TPSA) is 65.5 Å². The molecule has 2 aliphatic rings. The van der Waals surface area contributed by atoms with Gasteiger partial charge < -0.3 is 15.1 Å². The molecule has 1 atom stereocenters. The Morgan fingerprint density at radius 1 is 1.08 bits per heavy atom. The number of likely N-dealkylation sites (tertiary alicyclic amines) is 2. The number of nitrogens with one attached hydrogen (secondary N) is 1. The molecule has 2 aliphatic heterocycles. The van der Waals surface area contributed by atoms with E-state index in [4.69, 9.17) is 0 Å². The van der Waals surface area contributed by atoms with E-state index in [1.165, 1.54) is 12.8 Å². The fourth-order valence-corrected chi connectivity index (χ4v) is 3.38. The lowest BCUT2D eigenvalue weighted by atomic mass is 10.2. The van der Waals surface area contributed by atoms with E-state index >= 15 is 0 Å². The third-order valence-electron chi connectivity index (χ3n) is 4.85. The van der Waals surface area contributed by atoms with E-state index in [-0.39, 0.29) is 18.0 Å². The van der Waals surface area contributed by atoms with Crippen molar-refractivity contribution in [3.8, 4) is 0 Å². The average molecular weight is 330 g/mol. The molecule has 0 bridgehead atoms. The Bertz CT molecular complexity index is 579. The van der Waals surface area contributed by atoms with Crippen LogP contribution in [0.4, 0.5) is 4.79 Å². The van der Waals surface area contributed by atoms with Gasteiger partial charge in [-0.2, -0.15) is 0 Å². The maximum absolute atomic E-state index is 12.5. The summed E-state index contributed by atoms with van der Waals surface area (Å²) in [5, 5.41) is 3.10. The first-order valence-corrected chi connectivity index (χ1v) is 8.91. The van der Waals surface area contributed by atoms with Gasteiger partial charge in [0.2, 0.25) is 0 Å². The van der Waals surface area contributed by atoms with Gasteiger partial charge in [-0.15, -0.1) is 0 Å². The number of urea groups is 1. The van der Waals surface area contributed by atoms with Crippen molar-refractivity contribution >= 4 is 11.9 Å². The minimum atomic E-state index is -0.00554. The Kier molecular flexibility index (Phi) is 5.33. The Balaban J connectivity index is 1.52. The zero-order valence-corrected chi connectivity index (χ0v) is 14.3. The molecule has 6 nitrogen and oxygen atoms in total. The monoisotopic (exact) mass is 330 g/mol. The zero-order chi connectivity index (χ0) is 16.9. The van der Waals surface area contributed by atoms with Crippen LogP contribution in [0.3, 0.4) is 0 Å². The van der Waals surface area contributed by atoms with Gasteiger partial charge >= 0.3 is 6.03 Å². The highest BCUT2D eigenvalue weighted by atomic mass is 16.2. The molecule has 6 heteroatoms. The summed E-state index contributed by atoms with van der Waals surface area (Å²) in [7, 11) is 0. The fraction of sp³-hybridized carbons (Fsp3) is 0.611. The molecule has 3 rings (SSSR count). The normalized spacial score (nSPS) is 21.5. The third-order valence-corrected chi connectivity index (χ3v) is 4.85. The molecule has 24 heavy (non-hydrogen) atoms. The van der Waals surface area contributed by atoms with Crippen LogP contribution >= 0.6 is 0 Å². The first kappa shape index (κ1) is 16.7. The van der Waals surface area contributed by atoms with E-state index in [0.29, 0.717) is 18.7 Å². The van der Waals surface area contributed by atoms with Gasteiger partial charge in [0, 0.05) is 44.1 Å². The van der Waals surface area contributed by atoms with Gasteiger partial charge in [-0.25, -0.2) is 4.79 Å². The van der Waals surface area contributed by atoms with E-state index < -0.39 is 0 Å². The van der Waals surface area contributed by atoms with Gasteiger partial charge in [-0.1, -0.05) is 12.8 Å². The van der Waals surface area contributed by atoms with E-state index in [9.17, 15) is 9.59 Å². The Labute approximate surface area is 143 Å². The zero-order valence-electron chi connectivity index (χ0n) is 14.3. The fourth-order valence-electron chi connectivity index (χ4n) is 3.38. The second-order valence-corrected chi connectivity index (χ2v) is 6.78. The van der Waals surface area contributed by atoms with Crippen molar-refractivity contribution in [2.24, 2.45) is 0 Å². The summed E-state index contributed by atoms with van der Waals surface area (Å²) in [6, 6.07) is 3.73. The number of nitrogens with zero attached hydrogens (tertiary/aromatic N) is 3. The van der Waals surface area contributed by atoms with Crippen LogP contribution in [-0.4, -0.2) is 58.9 Å². The van der Waals surface area contributed by atoms with Crippen LogP contribution in [0.1, 0.15) is 48.2 Å². The molecule has 1 N–H and O–H groups in total. The molecule has 1 aromatic rings. The number of carbonyl (C=O) groups excluding carboxylic acids is 2. The molecule has 0 spiro atoms. The Morgan fingerprint density at radius 3 is 2.50 bits per heavy atom. The van der Waals surface area contributed by atoms with Crippen molar-refractivity contribution in [2.45, 2.75) is 45.1 Å². The number of hydrogen-bond acceptors (Lipinski definition) is 3. The molecule has 3 heterocycles. The third kappa shape index (κ3) is 4.04. The molecule has 2 fully saturated rings. The largest absolute Gasteiger partial charge is 0.336 e. The lowest BCUT2D eigenvalue weighted by Gasteiger charge is -2.23. The summed E-state index contributed by atoms with van der Waals surface area (Å²) < 4.78 is 0. The molecular formula is C18H26N4O2. The predicted octanol–water partition coefficient (Wildman–Crippen LogP) is 2.19. The first-order valence-electron chi connectivity index (χ1n) is 8.91. The number of carbonyl (C=O) groups is 2. The summed E-state index contributed by atoms with van der Waals surface area (Å²) in [5.41, 5.74) is 1.51. The molecule has 0 radical (unpaired) electrons. The number of aryl methyl sites for hydroxylation is 1. The predicted molar refractivity (Wildman–Crippen MR) is 91.9 cm³/mol. The maximum Gasteiger partial charge on any atom is 0.317 e. The quantitative estimate of drug-likeness (QED) is 0.904. The number of pyridine rings is 1. The van der Waals surface area contributed by atoms with Crippen LogP contribution in [-0.2, 0) is 0 Å². The van der Waals surface area contributed by atoms with Crippen LogP contribution in [0.25, 0.3) is 0 Å². The molecule has 1 aromatic heterocycles. The van der Waals surface area contributed by atoms with Crippen LogP contribution in [0.15, 0.2) is 18.3 Å². The lowest BCUT2D eigenvalue weighted by molar-refractivity contribution is 0.0788. The van der Waals surface area contributed by atoms with Crippen LogP contribution < -0.4 is 5.32 Å². The molecule has 2 saturated heterocycles. The Hall–Kier alpha value is -2.11. The smallest absolute Gasteiger partial charge is 0.317 e. The molecule has 1 unspecified atom stereocenters. The molecular weight excluding hydrogens is 304 g/mol. The van der Waals surface area contributed by atoms with Crippen molar-refractivity contribution in [1.29, 1.82) is 0 Å². The number of hydrogen-bond donors (Lipinski definition) is 1. The Morgan fingerprint density at radius 2 is 1.83 bits per heavy atom. The van der Waals surface area contributed by atoms with Crippen molar-refractivity contribution in [3.05, 3.63) is 29.6 Å². The first-order chi connectivity index (χ1) is 11.6. The van der Waals surface area contributed by atoms with Crippen molar-refractivity contribution in [3.63, 3.8) is 0 Å². The number of rotatable bonds is 2. The van der Waals surface area contributed by atoms with Gasteiger partial charge in [-0.05, 0) is 38.3 Å². The van der Waals surface area contributed by atoms with E-state index in [1.54, 1.807) is 11.1 Å². The minimum absolute atomic E-state index is 0.00554. The van der Waals surface area contributed by atoms with Gasteiger partial charge in [-0.3, -0.25) is 9.78 Å². The molecule has 0 saturated carbocycles. The molecule has 0 aromatic carbocycles. The van der Waals surface area contributed by atoms with Crippen molar-refractivity contribution < 1.29 is 9.59 Å². The summed E-state index contributed by atoms with van der Waals surface area (Å²) >= 11 is 0. The summed E-state index contributed by atoms with van der Waals surface area (Å²) in [6.07, 6.45) is 7.03. The van der Waals surface area contributed by atoms with Crippen molar-refractivity contribution in [1.82, 2.24) is 20.1 Å². The van der Waals surface area contributed by atoms with Crippen LogP contribution in [0, 0.1) is 6.92 Å². The summed E-state index contributed by atoms with van der Waals surface area (Å²) in [5.74, 6) is -0.00554. The maximum atomic E-state index is 12.5. The van der Waals surface area contributed by atoms with Gasteiger partial charge in [0.15, 0.2) is 0 Å². The second kappa shape index (κ2) is 7.64. The molecule has 3 amide bonds. The number of aromatic nitrogens is 1. The highest BCUT2D eigenvalue weighted by Gasteiger charge is 2.29. The lowest BCUT2D eigenvalue weighted by Crippen LogP contribution is -2.46.